The van der Waals surface area contributed by atoms with E-state index in [4.69, 9.17) is 0 Å². The van der Waals surface area contributed by atoms with Gasteiger partial charge in [0.25, 0.3) is 0 Å². The Hall–Kier alpha value is 0.0900. The van der Waals surface area contributed by atoms with Gasteiger partial charge in [-0.05, 0) is 50.3 Å². The fourth-order valence-electron chi connectivity index (χ4n) is 3.70. The lowest BCUT2D eigenvalue weighted by atomic mass is 9.90. The van der Waals surface area contributed by atoms with Crippen molar-refractivity contribution in [2.24, 2.45) is 5.92 Å². The molecule has 0 aromatic heterocycles. The van der Waals surface area contributed by atoms with Crippen molar-refractivity contribution in [3.63, 3.8) is 0 Å². The lowest BCUT2D eigenvalue weighted by Gasteiger charge is -2.33. The summed E-state index contributed by atoms with van der Waals surface area (Å²) in [6, 6.07) is 0. The summed E-state index contributed by atoms with van der Waals surface area (Å²) in [6.45, 7) is 5.38. The van der Waals surface area contributed by atoms with Gasteiger partial charge >= 0.3 is 0 Å². The van der Waals surface area contributed by atoms with Gasteiger partial charge in [-0.25, -0.2) is 0 Å². The fraction of sp³-hybridized carbons (Fsp3) is 0.875. The van der Waals surface area contributed by atoms with Gasteiger partial charge in [0.2, 0.25) is 0 Å². The summed E-state index contributed by atoms with van der Waals surface area (Å²) in [5, 5.41) is 0. The maximum absolute atomic E-state index is 2.78. The van der Waals surface area contributed by atoms with Crippen LogP contribution < -0.4 is 0 Å². The first-order chi connectivity index (χ1) is 9.43. The molecule has 0 N–H and O–H groups in total. The summed E-state index contributed by atoms with van der Waals surface area (Å²) >= 11 is 0. The number of hydrogen-bond acceptors (Lipinski definition) is 2. The maximum atomic E-state index is 2.78. The van der Waals surface area contributed by atoms with Gasteiger partial charge in [-0.15, -0.1) is 0 Å². The molecule has 1 saturated carbocycles. The van der Waals surface area contributed by atoms with Crippen LogP contribution in [0.4, 0.5) is 0 Å². The Morgan fingerprint density at radius 1 is 0.684 bits per heavy atom. The first-order valence-corrected chi connectivity index (χ1v) is 9.72. The number of allylic oxidation sites excluding steroid dienone is 1. The van der Waals surface area contributed by atoms with Crippen molar-refractivity contribution in [1.82, 2.24) is 9.34 Å². The van der Waals surface area contributed by atoms with E-state index in [1.807, 2.05) is 0 Å². The van der Waals surface area contributed by atoms with Crippen LogP contribution in [-0.4, -0.2) is 35.5 Å². The molecule has 0 radical (unpaired) electrons. The van der Waals surface area contributed by atoms with Crippen LogP contribution in [0, 0.1) is 5.92 Å². The fourth-order valence-corrected chi connectivity index (χ4v) is 6.22. The summed E-state index contributed by atoms with van der Waals surface area (Å²) < 4.78 is 5.56. The highest BCUT2D eigenvalue weighted by molar-refractivity contribution is 7.56. The molecule has 0 bridgehead atoms. The van der Waals surface area contributed by atoms with Gasteiger partial charge in [-0.1, -0.05) is 25.3 Å². The van der Waals surface area contributed by atoms with Crippen molar-refractivity contribution in [2.45, 2.75) is 57.8 Å². The molecule has 0 aromatic carbocycles. The van der Waals surface area contributed by atoms with Crippen molar-refractivity contribution in [3.8, 4) is 0 Å². The van der Waals surface area contributed by atoms with Gasteiger partial charge in [0.05, 0.1) is 8.22 Å². The Morgan fingerprint density at radius 2 is 1.21 bits per heavy atom. The summed E-state index contributed by atoms with van der Waals surface area (Å²) in [4.78, 5) is 0. The second kappa shape index (κ2) is 7.20. The summed E-state index contributed by atoms with van der Waals surface area (Å²) in [5.74, 6) is 3.52. The highest BCUT2D eigenvalue weighted by Gasteiger charge is 2.27. The number of rotatable bonds is 4. The summed E-state index contributed by atoms with van der Waals surface area (Å²) in [6.07, 6.45) is 15.6. The minimum Gasteiger partial charge on any atom is -0.267 e. The molecule has 2 heterocycles. The monoisotopic (exact) mass is 280 g/mol. The zero-order valence-corrected chi connectivity index (χ0v) is 13.2. The minimum atomic E-state index is -0.102. The molecule has 3 fully saturated rings. The van der Waals surface area contributed by atoms with E-state index >= 15 is 0 Å². The summed E-state index contributed by atoms with van der Waals surface area (Å²) in [5.41, 5.74) is 0. The quantitative estimate of drug-likeness (QED) is 0.695. The predicted octanol–water partition coefficient (Wildman–Crippen LogP) is 4.58. The van der Waals surface area contributed by atoms with E-state index in [0.717, 1.165) is 5.92 Å². The first-order valence-electron chi connectivity index (χ1n) is 8.41. The SMILES string of the molecule is C(=CP(N1CCCC1)N1CCCC1)C1CCCCC1. The molecular weight excluding hydrogens is 251 g/mol. The standard InChI is InChI=1S/C16H29N2P/c1-2-8-16(9-3-1)10-15-19(17-11-4-5-12-17)18-13-6-7-14-18/h10,15-16H,1-9,11-14H2. The first kappa shape index (κ1) is 14.0. The van der Waals surface area contributed by atoms with Crippen LogP contribution in [-0.2, 0) is 0 Å². The van der Waals surface area contributed by atoms with Crippen molar-refractivity contribution >= 4 is 8.22 Å². The molecule has 3 heteroatoms. The second-order valence-corrected chi connectivity index (χ2v) is 8.45. The van der Waals surface area contributed by atoms with Crippen LogP contribution in [0.5, 0.6) is 0 Å². The van der Waals surface area contributed by atoms with Crippen LogP contribution >= 0.6 is 8.22 Å². The van der Waals surface area contributed by atoms with E-state index in [1.165, 1.54) is 84.0 Å². The lowest BCUT2D eigenvalue weighted by molar-refractivity contribution is 0.419. The van der Waals surface area contributed by atoms with E-state index < -0.39 is 0 Å². The van der Waals surface area contributed by atoms with Crippen LogP contribution in [0.3, 0.4) is 0 Å². The zero-order valence-electron chi connectivity index (χ0n) is 12.3. The van der Waals surface area contributed by atoms with E-state index in [0.29, 0.717) is 0 Å². The molecule has 108 valence electrons. The molecule has 1 aliphatic carbocycles. The highest BCUT2D eigenvalue weighted by Crippen LogP contribution is 2.49. The molecule has 0 unspecified atom stereocenters. The molecule has 19 heavy (non-hydrogen) atoms. The third-order valence-corrected chi connectivity index (χ3v) is 7.28. The van der Waals surface area contributed by atoms with Gasteiger partial charge in [0.15, 0.2) is 0 Å². The topological polar surface area (TPSA) is 6.48 Å². The van der Waals surface area contributed by atoms with Crippen molar-refractivity contribution in [2.75, 3.05) is 26.2 Å². The smallest absolute Gasteiger partial charge is 0.0644 e. The Kier molecular flexibility index (Phi) is 5.32. The van der Waals surface area contributed by atoms with E-state index in [1.54, 1.807) is 0 Å². The van der Waals surface area contributed by atoms with Crippen LogP contribution in [0.15, 0.2) is 11.9 Å². The largest absolute Gasteiger partial charge is 0.267 e. The zero-order chi connectivity index (χ0) is 12.9. The van der Waals surface area contributed by atoms with Crippen molar-refractivity contribution in [3.05, 3.63) is 11.9 Å². The molecule has 3 rings (SSSR count). The van der Waals surface area contributed by atoms with Crippen molar-refractivity contribution in [1.29, 1.82) is 0 Å². The Labute approximate surface area is 120 Å². The summed E-state index contributed by atoms with van der Waals surface area (Å²) in [7, 11) is -0.102. The Morgan fingerprint density at radius 3 is 1.74 bits per heavy atom. The Balaban J connectivity index is 1.61. The van der Waals surface area contributed by atoms with Crippen LogP contribution in [0.2, 0.25) is 0 Å². The molecule has 2 nitrogen and oxygen atoms in total. The van der Waals surface area contributed by atoms with Crippen LogP contribution in [0.25, 0.3) is 0 Å². The second-order valence-electron chi connectivity index (χ2n) is 6.38. The minimum absolute atomic E-state index is 0.102. The number of hydrogen-bond donors (Lipinski definition) is 0. The average molecular weight is 280 g/mol. The normalized spacial score (nSPS) is 28.1. The molecule has 3 aliphatic rings. The Bertz CT molecular complexity index is 271. The maximum Gasteiger partial charge on any atom is 0.0644 e. The van der Waals surface area contributed by atoms with Gasteiger partial charge in [0.1, 0.15) is 0 Å². The van der Waals surface area contributed by atoms with E-state index in [-0.39, 0.29) is 8.22 Å². The number of nitrogens with zero attached hydrogens (tertiary/aromatic N) is 2. The van der Waals surface area contributed by atoms with Crippen molar-refractivity contribution < 1.29 is 0 Å². The van der Waals surface area contributed by atoms with Gasteiger partial charge in [-0.3, -0.25) is 9.34 Å². The molecular formula is C16H29N2P. The van der Waals surface area contributed by atoms with Gasteiger partial charge in [-0.2, -0.15) is 0 Å². The van der Waals surface area contributed by atoms with E-state index in [9.17, 15) is 0 Å². The molecule has 0 atom stereocenters. The molecule has 2 aliphatic heterocycles. The highest BCUT2D eigenvalue weighted by atomic mass is 31.1. The predicted molar refractivity (Wildman–Crippen MR) is 84.2 cm³/mol. The van der Waals surface area contributed by atoms with Gasteiger partial charge < -0.3 is 0 Å². The average Bonchev–Trinajstić information content (AvgIpc) is 3.13. The third kappa shape index (κ3) is 3.80. The van der Waals surface area contributed by atoms with Gasteiger partial charge in [0, 0.05) is 26.2 Å². The lowest BCUT2D eigenvalue weighted by Crippen LogP contribution is -2.24. The molecule has 0 spiro atoms. The third-order valence-electron chi connectivity index (χ3n) is 4.89. The molecule has 0 aromatic rings. The van der Waals surface area contributed by atoms with E-state index in [2.05, 4.69) is 21.2 Å². The van der Waals surface area contributed by atoms with Crippen LogP contribution in [0.1, 0.15) is 57.8 Å². The molecule has 2 saturated heterocycles. The molecule has 0 amide bonds.